The number of hydrogen-bond donors (Lipinski definition) is 2. The Morgan fingerprint density at radius 1 is 1.42 bits per heavy atom. The number of nitrogens with two attached hydrogens (primary N) is 1. The zero-order valence-electron chi connectivity index (χ0n) is 14.2. The summed E-state index contributed by atoms with van der Waals surface area (Å²) < 4.78 is 6.62. The molecule has 3 amide bonds. The van der Waals surface area contributed by atoms with Gasteiger partial charge >= 0.3 is 6.03 Å². The van der Waals surface area contributed by atoms with Crippen molar-refractivity contribution in [1.82, 2.24) is 14.9 Å². The number of ether oxygens (including phenoxy) is 1. The van der Waals surface area contributed by atoms with Crippen LogP contribution in [0.25, 0.3) is 10.9 Å². The number of urea groups is 1. The number of methoxy groups -OCH3 is 1. The van der Waals surface area contributed by atoms with Crippen LogP contribution in [0.2, 0.25) is 5.02 Å². The lowest BCUT2D eigenvalue weighted by molar-refractivity contribution is -0.119. The van der Waals surface area contributed by atoms with E-state index in [4.69, 9.17) is 22.1 Å². The van der Waals surface area contributed by atoms with E-state index in [1.165, 1.54) is 11.8 Å². The van der Waals surface area contributed by atoms with Gasteiger partial charge in [-0.25, -0.2) is 9.78 Å². The fourth-order valence-corrected chi connectivity index (χ4v) is 3.39. The summed E-state index contributed by atoms with van der Waals surface area (Å²) in [5, 5.41) is 3.51. The molecule has 0 spiro atoms. The van der Waals surface area contributed by atoms with Gasteiger partial charge in [0.1, 0.15) is 0 Å². The smallest absolute Gasteiger partial charge is 0.318 e. The fourth-order valence-electron chi connectivity index (χ4n) is 2.26. The van der Waals surface area contributed by atoms with Crippen LogP contribution in [0, 0.1) is 0 Å². The summed E-state index contributed by atoms with van der Waals surface area (Å²) >= 11 is 7.34. The molecule has 1 aromatic carbocycles. The van der Waals surface area contributed by atoms with Gasteiger partial charge in [0, 0.05) is 24.3 Å². The number of primary amides is 1. The zero-order chi connectivity index (χ0) is 19.1. The monoisotopic (exact) mass is 398 g/mol. The van der Waals surface area contributed by atoms with Gasteiger partial charge in [0.2, 0.25) is 5.91 Å². The van der Waals surface area contributed by atoms with E-state index in [0.717, 1.165) is 0 Å². The molecular weight excluding hydrogens is 380 g/mol. The van der Waals surface area contributed by atoms with Crippen LogP contribution in [0.4, 0.5) is 4.79 Å². The average Bonchev–Trinajstić information content (AvgIpc) is 2.57. The summed E-state index contributed by atoms with van der Waals surface area (Å²) in [6, 6.07) is 4.07. The maximum Gasteiger partial charge on any atom is 0.318 e. The van der Waals surface area contributed by atoms with Crippen molar-refractivity contribution in [1.29, 1.82) is 0 Å². The topological polar surface area (TPSA) is 116 Å². The van der Waals surface area contributed by atoms with Crippen LogP contribution in [-0.4, -0.2) is 41.0 Å². The number of aromatic nitrogens is 2. The van der Waals surface area contributed by atoms with Crippen LogP contribution >= 0.6 is 23.4 Å². The molecule has 0 bridgehead atoms. The highest BCUT2D eigenvalue weighted by Gasteiger charge is 2.12. The molecule has 8 nitrogen and oxygen atoms in total. The number of halogens is 1. The maximum absolute atomic E-state index is 12.7. The first-order chi connectivity index (χ1) is 12.4. The molecule has 0 aliphatic heterocycles. The molecular formula is C16H19ClN4O4S. The molecule has 0 aliphatic rings. The number of hydrogen-bond acceptors (Lipinski definition) is 6. The minimum absolute atomic E-state index is 0.150. The second-order valence-corrected chi connectivity index (χ2v) is 6.87. The Hall–Kier alpha value is -2.10. The molecule has 0 saturated carbocycles. The zero-order valence-corrected chi connectivity index (χ0v) is 15.7. The van der Waals surface area contributed by atoms with Gasteiger partial charge in [0.05, 0.1) is 24.1 Å². The van der Waals surface area contributed by atoms with E-state index >= 15 is 0 Å². The Morgan fingerprint density at radius 3 is 2.88 bits per heavy atom. The molecule has 0 atom stereocenters. The van der Waals surface area contributed by atoms with E-state index in [2.05, 4.69) is 4.98 Å². The molecule has 140 valence electrons. The lowest BCUT2D eigenvalue weighted by Gasteiger charge is -2.12. The first-order valence-corrected chi connectivity index (χ1v) is 9.20. The number of thioether (sulfide) groups is 1. The van der Waals surface area contributed by atoms with Crippen molar-refractivity contribution in [2.75, 3.05) is 19.5 Å². The van der Waals surface area contributed by atoms with E-state index in [-0.39, 0.29) is 12.0 Å². The van der Waals surface area contributed by atoms with Crippen molar-refractivity contribution in [2.45, 2.75) is 24.5 Å². The van der Waals surface area contributed by atoms with E-state index in [1.54, 1.807) is 29.9 Å². The third-order valence-electron chi connectivity index (χ3n) is 3.44. The summed E-state index contributed by atoms with van der Waals surface area (Å²) in [5.74, 6) is 0.102. The van der Waals surface area contributed by atoms with E-state index in [1.807, 2.05) is 5.32 Å². The number of carbonyl (C=O) groups excluding carboxylic acids is 2. The predicted molar refractivity (Wildman–Crippen MR) is 101 cm³/mol. The Bertz CT molecular complexity index is 871. The Kier molecular flexibility index (Phi) is 7.43. The van der Waals surface area contributed by atoms with Crippen LogP contribution in [0.3, 0.4) is 0 Å². The number of fused-ring (bicyclic) bond motifs is 1. The first-order valence-electron chi connectivity index (χ1n) is 7.83. The molecule has 10 heteroatoms. The Balaban J connectivity index is 2.17. The van der Waals surface area contributed by atoms with Crippen molar-refractivity contribution in [2.24, 2.45) is 5.73 Å². The van der Waals surface area contributed by atoms with Crippen molar-refractivity contribution in [3.63, 3.8) is 0 Å². The van der Waals surface area contributed by atoms with Crippen molar-refractivity contribution < 1.29 is 14.3 Å². The average molecular weight is 399 g/mol. The van der Waals surface area contributed by atoms with Crippen LogP contribution in [0.5, 0.6) is 0 Å². The minimum atomic E-state index is -0.871. The van der Waals surface area contributed by atoms with Crippen LogP contribution < -0.4 is 16.6 Å². The number of imide groups is 1. The van der Waals surface area contributed by atoms with Crippen molar-refractivity contribution in [3.05, 3.63) is 33.6 Å². The molecule has 0 radical (unpaired) electrons. The van der Waals surface area contributed by atoms with E-state index < -0.39 is 11.9 Å². The van der Waals surface area contributed by atoms with Gasteiger partial charge in [0.15, 0.2) is 5.16 Å². The second kappa shape index (κ2) is 9.56. The van der Waals surface area contributed by atoms with Gasteiger partial charge in [-0.2, -0.15) is 0 Å². The van der Waals surface area contributed by atoms with Gasteiger partial charge in [-0.05, 0) is 24.6 Å². The quantitative estimate of drug-likeness (QED) is 0.397. The summed E-state index contributed by atoms with van der Waals surface area (Å²) in [7, 11) is 1.56. The standard InChI is InChI=1S/C16H19ClN4O4S/c1-25-7-6-21-14(23)11-5-4-10(17)9-12(11)19-16(21)26-8-2-3-13(22)20-15(18)24/h4-5,9H,2-3,6-8H2,1H3,(H3,18,20,22,24). The second-order valence-electron chi connectivity index (χ2n) is 5.37. The lowest BCUT2D eigenvalue weighted by atomic mass is 10.2. The third kappa shape index (κ3) is 5.45. The SMILES string of the molecule is COCCn1c(SCCCC(=O)NC(N)=O)nc2cc(Cl)ccc2c1=O. The highest BCUT2D eigenvalue weighted by atomic mass is 35.5. The number of carbonyl (C=O) groups is 2. The lowest BCUT2D eigenvalue weighted by Crippen LogP contribution is -2.34. The van der Waals surface area contributed by atoms with Crippen LogP contribution in [0.1, 0.15) is 12.8 Å². The van der Waals surface area contributed by atoms with Gasteiger partial charge < -0.3 is 10.5 Å². The van der Waals surface area contributed by atoms with Gasteiger partial charge in [0.25, 0.3) is 5.56 Å². The number of rotatable bonds is 8. The summed E-state index contributed by atoms with van der Waals surface area (Å²) in [4.78, 5) is 39.3. The van der Waals surface area contributed by atoms with Crippen molar-refractivity contribution >= 4 is 46.2 Å². The Labute approximate surface area is 159 Å². The molecule has 1 heterocycles. The highest BCUT2D eigenvalue weighted by molar-refractivity contribution is 7.99. The summed E-state index contributed by atoms with van der Waals surface area (Å²) in [6.07, 6.45) is 0.648. The molecule has 2 rings (SSSR count). The largest absolute Gasteiger partial charge is 0.383 e. The molecule has 1 aromatic heterocycles. The van der Waals surface area contributed by atoms with E-state index in [0.29, 0.717) is 46.4 Å². The molecule has 0 fully saturated rings. The summed E-state index contributed by atoms with van der Waals surface area (Å²) in [5.41, 5.74) is 5.24. The van der Waals surface area contributed by atoms with Gasteiger partial charge in [-0.15, -0.1) is 0 Å². The Morgan fingerprint density at radius 2 is 2.19 bits per heavy atom. The normalized spacial score (nSPS) is 10.8. The number of nitrogens with one attached hydrogen (secondary N) is 1. The molecule has 0 saturated heterocycles. The number of amides is 3. The van der Waals surface area contributed by atoms with Crippen molar-refractivity contribution in [3.8, 4) is 0 Å². The molecule has 0 aliphatic carbocycles. The van der Waals surface area contributed by atoms with Gasteiger partial charge in [-0.3, -0.25) is 19.5 Å². The molecule has 2 aromatic rings. The van der Waals surface area contributed by atoms with E-state index in [9.17, 15) is 14.4 Å². The molecule has 26 heavy (non-hydrogen) atoms. The van der Waals surface area contributed by atoms with Gasteiger partial charge in [-0.1, -0.05) is 23.4 Å². The van der Waals surface area contributed by atoms with Crippen LogP contribution in [0.15, 0.2) is 28.2 Å². The fraction of sp³-hybridized carbons (Fsp3) is 0.375. The highest BCUT2D eigenvalue weighted by Crippen LogP contribution is 2.21. The number of nitrogens with zero attached hydrogens (tertiary/aromatic N) is 2. The predicted octanol–water partition coefficient (Wildman–Crippen LogP) is 1.76. The van der Waals surface area contributed by atoms with Crippen LogP contribution in [-0.2, 0) is 16.1 Å². The summed E-state index contributed by atoms with van der Waals surface area (Å²) in [6.45, 7) is 0.737. The third-order valence-corrected chi connectivity index (χ3v) is 4.74. The maximum atomic E-state index is 12.7. The molecule has 0 unspecified atom stereocenters. The number of benzene rings is 1. The minimum Gasteiger partial charge on any atom is -0.383 e. The molecule has 3 N–H and O–H groups in total. The first kappa shape index (κ1) is 20.2.